The first-order valence-corrected chi connectivity index (χ1v) is 12.2. The van der Waals surface area contributed by atoms with Crippen molar-refractivity contribution in [3.05, 3.63) is 66.1 Å². The van der Waals surface area contributed by atoms with E-state index in [0.29, 0.717) is 19.0 Å². The van der Waals surface area contributed by atoms with Gasteiger partial charge in [0.2, 0.25) is 10.0 Å². The maximum atomic E-state index is 13.1. The van der Waals surface area contributed by atoms with Crippen LogP contribution in [-0.2, 0) is 10.0 Å². The van der Waals surface area contributed by atoms with Crippen molar-refractivity contribution in [1.82, 2.24) is 9.29 Å². The number of sulfonamides is 1. The highest BCUT2D eigenvalue weighted by molar-refractivity contribution is 7.89. The monoisotopic (exact) mass is 445 g/mol. The van der Waals surface area contributed by atoms with Gasteiger partial charge in [0, 0.05) is 25.8 Å². The van der Waals surface area contributed by atoms with Gasteiger partial charge in [-0.3, -0.25) is 0 Å². The maximum Gasteiger partial charge on any atom is 0.243 e. The molecular formula is C22H24FN3O2S2. The molecule has 0 radical (unpaired) electrons. The molecule has 0 spiro atoms. The molecule has 3 aromatic rings. The van der Waals surface area contributed by atoms with Crippen LogP contribution in [0.5, 0.6) is 0 Å². The van der Waals surface area contributed by atoms with E-state index in [1.54, 1.807) is 11.3 Å². The third kappa shape index (κ3) is 4.71. The van der Waals surface area contributed by atoms with Crippen LogP contribution in [0.15, 0.2) is 59.6 Å². The second kappa shape index (κ2) is 8.83. The van der Waals surface area contributed by atoms with E-state index >= 15 is 0 Å². The van der Waals surface area contributed by atoms with Crippen LogP contribution in [0.4, 0.5) is 9.52 Å². The number of anilines is 1. The molecular weight excluding hydrogens is 421 g/mol. The molecule has 5 nitrogen and oxygen atoms in total. The number of nitrogens with zero attached hydrogens (tertiary/aromatic N) is 2. The summed E-state index contributed by atoms with van der Waals surface area (Å²) in [7, 11) is -3.56. The zero-order chi connectivity index (χ0) is 21.1. The van der Waals surface area contributed by atoms with Crippen molar-refractivity contribution in [2.45, 2.75) is 24.7 Å². The fourth-order valence-electron chi connectivity index (χ4n) is 3.63. The first-order valence-electron chi connectivity index (χ1n) is 9.94. The van der Waals surface area contributed by atoms with Crippen LogP contribution in [0.3, 0.4) is 0 Å². The van der Waals surface area contributed by atoms with Crippen molar-refractivity contribution in [3.63, 3.8) is 0 Å². The predicted octanol–water partition coefficient (Wildman–Crippen LogP) is 4.77. The highest BCUT2D eigenvalue weighted by Gasteiger charge is 2.29. The highest BCUT2D eigenvalue weighted by Crippen LogP contribution is 2.30. The summed E-state index contributed by atoms with van der Waals surface area (Å²) in [6, 6.07) is 13.4. The molecule has 158 valence electrons. The number of aromatic nitrogens is 1. The van der Waals surface area contributed by atoms with Gasteiger partial charge >= 0.3 is 0 Å². The lowest BCUT2D eigenvalue weighted by atomic mass is 9.98. The van der Waals surface area contributed by atoms with E-state index in [4.69, 9.17) is 0 Å². The molecule has 1 aromatic heterocycles. The van der Waals surface area contributed by atoms with Gasteiger partial charge in [-0.15, -0.1) is 0 Å². The molecule has 1 fully saturated rings. The molecule has 0 amide bonds. The second-order valence-electron chi connectivity index (χ2n) is 7.58. The molecule has 2 heterocycles. The minimum Gasteiger partial charge on any atom is -0.361 e. The summed E-state index contributed by atoms with van der Waals surface area (Å²) < 4.78 is 40.0. The van der Waals surface area contributed by atoms with Gasteiger partial charge < -0.3 is 5.32 Å². The molecule has 1 N–H and O–H groups in total. The Morgan fingerprint density at radius 1 is 1.17 bits per heavy atom. The van der Waals surface area contributed by atoms with Crippen molar-refractivity contribution < 1.29 is 12.8 Å². The van der Waals surface area contributed by atoms with Gasteiger partial charge in [-0.05, 0) is 55.5 Å². The van der Waals surface area contributed by atoms with Crippen LogP contribution in [0.25, 0.3) is 10.4 Å². The number of piperidine rings is 1. The van der Waals surface area contributed by atoms with Crippen LogP contribution >= 0.6 is 11.3 Å². The third-order valence-corrected chi connectivity index (χ3v) is 8.29. The SMILES string of the molecule is Cc1cccc(-c2cnc(NCC3CCN(S(=O)(=O)c4ccc(F)cc4)CC3)s2)c1. The summed E-state index contributed by atoms with van der Waals surface area (Å²) >= 11 is 1.63. The van der Waals surface area contributed by atoms with Gasteiger partial charge in [0.15, 0.2) is 5.13 Å². The average molecular weight is 446 g/mol. The fourth-order valence-corrected chi connectivity index (χ4v) is 5.92. The lowest BCUT2D eigenvalue weighted by Gasteiger charge is -2.31. The Bertz CT molecular complexity index is 1110. The number of aryl methyl sites for hydroxylation is 1. The fraction of sp³-hybridized carbons (Fsp3) is 0.318. The normalized spacial score (nSPS) is 15.9. The third-order valence-electron chi connectivity index (χ3n) is 5.38. The Hall–Kier alpha value is -2.29. The van der Waals surface area contributed by atoms with Gasteiger partial charge in [-0.25, -0.2) is 17.8 Å². The standard InChI is InChI=1S/C22H24FN3O2S2/c1-16-3-2-4-18(13-16)21-15-25-22(29-21)24-14-17-9-11-26(12-10-17)30(27,28)20-7-5-19(23)6-8-20/h2-8,13,15,17H,9-12,14H2,1H3,(H,24,25). The first kappa shape index (κ1) is 21.0. The number of thiazole rings is 1. The van der Waals surface area contributed by atoms with E-state index in [1.165, 1.54) is 39.7 Å². The molecule has 2 aromatic carbocycles. The van der Waals surface area contributed by atoms with Gasteiger partial charge in [-0.1, -0.05) is 41.2 Å². The second-order valence-corrected chi connectivity index (χ2v) is 10.6. The number of rotatable bonds is 6. The minimum absolute atomic E-state index is 0.145. The predicted molar refractivity (Wildman–Crippen MR) is 119 cm³/mol. The smallest absolute Gasteiger partial charge is 0.243 e. The van der Waals surface area contributed by atoms with Gasteiger partial charge in [-0.2, -0.15) is 4.31 Å². The lowest BCUT2D eigenvalue weighted by molar-refractivity contribution is 0.282. The lowest BCUT2D eigenvalue weighted by Crippen LogP contribution is -2.39. The summed E-state index contributed by atoms with van der Waals surface area (Å²) in [5.74, 6) is -0.0533. The average Bonchev–Trinajstić information content (AvgIpc) is 3.22. The van der Waals surface area contributed by atoms with Crippen molar-refractivity contribution in [2.24, 2.45) is 5.92 Å². The van der Waals surface area contributed by atoms with Gasteiger partial charge in [0.1, 0.15) is 5.82 Å². The Labute approximate surface area is 180 Å². The molecule has 1 aliphatic heterocycles. The zero-order valence-electron chi connectivity index (χ0n) is 16.7. The van der Waals surface area contributed by atoms with E-state index in [1.807, 2.05) is 12.3 Å². The van der Waals surface area contributed by atoms with Gasteiger partial charge in [0.05, 0.1) is 9.77 Å². The zero-order valence-corrected chi connectivity index (χ0v) is 18.3. The summed E-state index contributed by atoms with van der Waals surface area (Å²) in [6.07, 6.45) is 3.45. The Morgan fingerprint density at radius 3 is 2.60 bits per heavy atom. The van der Waals surface area contributed by atoms with Crippen LogP contribution in [-0.4, -0.2) is 37.3 Å². The van der Waals surface area contributed by atoms with E-state index in [0.717, 1.165) is 29.4 Å². The van der Waals surface area contributed by atoms with Crippen LogP contribution in [0.2, 0.25) is 0 Å². The molecule has 8 heteroatoms. The van der Waals surface area contributed by atoms with Crippen molar-refractivity contribution in [3.8, 4) is 10.4 Å². The van der Waals surface area contributed by atoms with Crippen molar-refractivity contribution in [1.29, 1.82) is 0 Å². The Balaban J connectivity index is 1.31. The molecule has 0 unspecified atom stereocenters. The summed E-state index contributed by atoms with van der Waals surface area (Å²) in [6.45, 7) is 3.79. The Morgan fingerprint density at radius 2 is 1.90 bits per heavy atom. The molecule has 0 atom stereocenters. The van der Waals surface area contributed by atoms with E-state index in [9.17, 15) is 12.8 Å². The largest absolute Gasteiger partial charge is 0.361 e. The number of nitrogens with one attached hydrogen (secondary N) is 1. The molecule has 0 saturated carbocycles. The number of hydrogen-bond donors (Lipinski definition) is 1. The summed E-state index contributed by atoms with van der Waals surface area (Å²) in [4.78, 5) is 5.75. The molecule has 1 aliphatic rings. The number of benzene rings is 2. The van der Waals surface area contributed by atoms with E-state index in [2.05, 4.69) is 35.4 Å². The topological polar surface area (TPSA) is 62.3 Å². The van der Waals surface area contributed by atoms with Crippen LogP contribution in [0.1, 0.15) is 18.4 Å². The molecule has 0 bridgehead atoms. The van der Waals surface area contributed by atoms with E-state index in [-0.39, 0.29) is 4.90 Å². The molecule has 4 rings (SSSR count). The maximum absolute atomic E-state index is 13.1. The number of hydrogen-bond acceptors (Lipinski definition) is 5. The Kier molecular flexibility index (Phi) is 6.17. The first-order chi connectivity index (χ1) is 14.4. The molecule has 0 aliphatic carbocycles. The van der Waals surface area contributed by atoms with Crippen LogP contribution < -0.4 is 5.32 Å². The van der Waals surface area contributed by atoms with Crippen molar-refractivity contribution >= 4 is 26.5 Å². The molecule has 30 heavy (non-hydrogen) atoms. The summed E-state index contributed by atoms with van der Waals surface area (Å²) in [5, 5.41) is 4.29. The van der Waals surface area contributed by atoms with E-state index < -0.39 is 15.8 Å². The highest BCUT2D eigenvalue weighted by atomic mass is 32.2. The number of halogens is 1. The van der Waals surface area contributed by atoms with Gasteiger partial charge in [0.25, 0.3) is 0 Å². The van der Waals surface area contributed by atoms with Crippen LogP contribution in [0, 0.1) is 18.7 Å². The minimum atomic E-state index is -3.56. The quantitative estimate of drug-likeness (QED) is 0.594. The summed E-state index contributed by atoms with van der Waals surface area (Å²) in [5.41, 5.74) is 2.39. The van der Waals surface area contributed by atoms with Crippen molar-refractivity contribution in [2.75, 3.05) is 25.0 Å². The molecule has 1 saturated heterocycles.